The average molecular weight is 382 g/mol. The number of hydrogen-bond acceptors (Lipinski definition) is 3. The maximum atomic E-state index is 12.3. The Morgan fingerprint density at radius 1 is 1.25 bits per heavy atom. The first kappa shape index (κ1) is 24.0. The molecule has 1 saturated heterocycles. The summed E-state index contributed by atoms with van der Waals surface area (Å²) in [7, 11) is 0. The zero-order chi connectivity index (χ0) is 16.0. The first-order chi connectivity index (χ1) is 10.5. The van der Waals surface area contributed by atoms with Crippen LogP contribution in [0.3, 0.4) is 0 Å². The number of rotatable bonds is 7. The van der Waals surface area contributed by atoms with Gasteiger partial charge in [-0.05, 0) is 49.6 Å². The molecule has 0 aromatic rings. The summed E-state index contributed by atoms with van der Waals surface area (Å²) in [5.41, 5.74) is 6.07. The SMILES string of the molecule is CC(C)CN1CCC(CNC(=O)CC2(CN)CCCCC2)C1.Cl.Cl. The van der Waals surface area contributed by atoms with E-state index in [2.05, 4.69) is 24.1 Å². The van der Waals surface area contributed by atoms with E-state index < -0.39 is 0 Å². The molecule has 4 nitrogen and oxygen atoms in total. The van der Waals surface area contributed by atoms with Crippen LogP contribution in [0.4, 0.5) is 0 Å². The van der Waals surface area contributed by atoms with Gasteiger partial charge in [-0.1, -0.05) is 33.1 Å². The quantitative estimate of drug-likeness (QED) is 0.711. The third-order valence-corrected chi connectivity index (χ3v) is 5.46. The summed E-state index contributed by atoms with van der Waals surface area (Å²) in [4.78, 5) is 14.8. The minimum atomic E-state index is 0. The molecule has 2 aliphatic rings. The van der Waals surface area contributed by atoms with E-state index in [-0.39, 0.29) is 36.1 Å². The lowest BCUT2D eigenvalue weighted by Gasteiger charge is -2.35. The number of carbonyl (C=O) groups excluding carboxylic acids is 1. The van der Waals surface area contributed by atoms with E-state index in [0.29, 0.717) is 18.9 Å². The fourth-order valence-electron chi connectivity index (χ4n) is 4.18. The van der Waals surface area contributed by atoms with Gasteiger partial charge in [0.15, 0.2) is 0 Å². The topological polar surface area (TPSA) is 58.4 Å². The van der Waals surface area contributed by atoms with Gasteiger partial charge in [-0.15, -0.1) is 24.8 Å². The number of nitrogens with two attached hydrogens (primary N) is 1. The van der Waals surface area contributed by atoms with Crippen molar-refractivity contribution < 1.29 is 4.79 Å². The van der Waals surface area contributed by atoms with E-state index in [9.17, 15) is 4.79 Å². The fraction of sp³-hybridized carbons (Fsp3) is 0.944. The van der Waals surface area contributed by atoms with E-state index in [1.165, 1.54) is 38.8 Å². The molecular weight excluding hydrogens is 345 g/mol. The average Bonchev–Trinajstić information content (AvgIpc) is 2.93. The molecule has 6 heteroatoms. The van der Waals surface area contributed by atoms with Crippen molar-refractivity contribution in [1.82, 2.24) is 10.2 Å². The van der Waals surface area contributed by atoms with Crippen molar-refractivity contribution in [3.8, 4) is 0 Å². The molecule has 1 aliphatic carbocycles. The van der Waals surface area contributed by atoms with Crippen LogP contribution in [0.15, 0.2) is 0 Å². The monoisotopic (exact) mass is 381 g/mol. The Kier molecular flexibility index (Phi) is 11.5. The van der Waals surface area contributed by atoms with Crippen LogP contribution in [0.25, 0.3) is 0 Å². The highest BCUT2D eigenvalue weighted by atomic mass is 35.5. The maximum absolute atomic E-state index is 12.3. The first-order valence-electron chi connectivity index (χ1n) is 9.22. The van der Waals surface area contributed by atoms with Gasteiger partial charge in [-0.3, -0.25) is 4.79 Å². The molecule has 1 amide bonds. The molecule has 144 valence electrons. The predicted molar refractivity (Wildman–Crippen MR) is 106 cm³/mol. The molecule has 1 aliphatic heterocycles. The van der Waals surface area contributed by atoms with Crippen molar-refractivity contribution in [1.29, 1.82) is 0 Å². The Labute approximate surface area is 160 Å². The van der Waals surface area contributed by atoms with Crippen LogP contribution in [-0.2, 0) is 4.79 Å². The Bertz CT molecular complexity index is 360. The van der Waals surface area contributed by atoms with Crippen LogP contribution in [0, 0.1) is 17.3 Å². The highest BCUT2D eigenvalue weighted by Crippen LogP contribution is 2.38. The molecule has 2 rings (SSSR count). The minimum Gasteiger partial charge on any atom is -0.356 e. The smallest absolute Gasteiger partial charge is 0.220 e. The zero-order valence-electron chi connectivity index (χ0n) is 15.4. The van der Waals surface area contributed by atoms with Crippen LogP contribution in [0.2, 0.25) is 0 Å². The van der Waals surface area contributed by atoms with Crippen molar-refractivity contribution >= 4 is 30.7 Å². The number of hydrogen-bond donors (Lipinski definition) is 2. The van der Waals surface area contributed by atoms with Crippen LogP contribution in [0.1, 0.15) is 58.8 Å². The Balaban J connectivity index is 0.00000264. The van der Waals surface area contributed by atoms with E-state index in [4.69, 9.17) is 5.73 Å². The summed E-state index contributed by atoms with van der Waals surface area (Å²) in [6.07, 6.45) is 7.87. The van der Waals surface area contributed by atoms with Gasteiger partial charge in [-0.2, -0.15) is 0 Å². The highest BCUT2D eigenvalue weighted by Gasteiger charge is 2.33. The van der Waals surface area contributed by atoms with Crippen molar-refractivity contribution in [3.63, 3.8) is 0 Å². The van der Waals surface area contributed by atoms with Crippen LogP contribution >= 0.6 is 24.8 Å². The molecule has 0 radical (unpaired) electrons. The summed E-state index contributed by atoms with van der Waals surface area (Å²) < 4.78 is 0. The van der Waals surface area contributed by atoms with Crippen molar-refractivity contribution in [2.24, 2.45) is 23.0 Å². The standard InChI is InChI=1S/C18H35N3O.2ClH/c1-15(2)12-21-9-6-16(13-21)11-20-17(22)10-18(14-19)7-4-3-5-8-18;;/h15-16H,3-14,19H2,1-2H3,(H,20,22);2*1H. The first-order valence-corrected chi connectivity index (χ1v) is 9.22. The molecule has 0 aromatic carbocycles. The molecule has 0 spiro atoms. The molecule has 2 fully saturated rings. The second-order valence-corrected chi connectivity index (χ2v) is 8.05. The number of amides is 1. The highest BCUT2D eigenvalue weighted by molar-refractivity contribution is 5.85. The maximum Gasteiger partial charge on any atom is 0.220 e. The molecule has 3 N–H and O–H groups in total. The van der Waals surface area contributed by atoms with Crippen molar-refractivity contribution in [2.45, 2.75) is 58.8 Å². The van der Waals surface area contributed by atoms with E-state index in [1.807, 2.05) is 0 Å². The fourth-order valence-corrected chi connectivity index (χ4v) is 4.18. The lowest BCUT2D eigenvalue weighted by molar-refractivity contribution is -0.124. The summed E-state index contributed by atoms with van der Waals surface area (Å²) in [6, 6.07) is 0. The zero-order valence-corrected chi connectivity index (χ0v) is 17.0. The largest absolute Gasteiger partial charge is 0.356 e. The van der Waals surface area contributed by atoms with Gasteiger partial charge >= 0.3 is 0 Å². The molecule has 1 unspecified atom stereocenters. The third kappa shape index (κ3) is 7.47. The number of nitrogens with zero attached hydrogens (tertiary/aromatic N) is 1. The van der Waals surface area contributed by atoms with Crippen LogP contribution < -0.4 is 11.1 Å². The second kappa shape index (κ2) is 11.6. The van der Waals surface area contributed by atoms with Gasteiger partial charge in [0.2, 0.25) is 5.91 Å². The third-order valence-electron chi connectivity index (χ3n) is 5.46. The molecule has 1 atom stereocenters. The molecular formula is C18H37Cl2N3O. The molecule has 1 heterocycles. The number of likely N-dealkylation sites (tertiary alicyclic amines) is 1. The van der Waals surface area contributed by atoms with E-state index >= 15 is 0 Å². The number of carbonyl (C=O) groups is 1. The molecule has 0 aromatic heterocycles. The molecule has 24 heavy (non-hydrogen) atoms. The van der Waals surface area contributed by atoms with Gasteiger partial charge in [-0.25, -0.2) is 0 Å². The summed E-state index contributed by atoms with van der Waals surface area (Å²) >= 11 is 0. The second-order valence-electron chi connectivity index (χ2n) is 8.05. The minimum absolute atomic E-state index is 0. The number of halogens is 2. The Morgan fingerprint density at radius 3 is 2.50 bits per heavy atom. The molecule has 1 saturated carbocycles. The van der Waals surface area contributed by atoms with Gasteiger partial charge in [0.05, 0.1) is 0 Å². The summed E-state index contributed by atoms with van der Waals surface area (Å²) in [6.45, 7) is 9.55. The summed E-state index contributed by atoms with van der Waals surface area (Å²) in [5, 5.41) is 3.18. The lowest BCUT2D eigenvalue weighted by Crippen LogP contribution is -2.40. The predicted octanol–water partition coefficient (Wildman–Crippen LogP) is 3.22. The van der Waals surface area contributed by atoms with Crippen molar-refractivity contribution in [2.75, 3.05) is 32.7 Å². The summed E-state index contributed by atoms with van der Waals surface area (Å²) in [5.74, 6) is 1.57. The van der Waals surface area contributed by atoms with Crippen LogP contribution in [-0.4, -0.2) is 43.5 Å². The van der Waals surface area contributed by atoms with Gasteiger partial charge in [0.1, 0.15) is 0 Å². The van der Waals surface area contributed by atoms with Gasteiger partial charge in [0.25, 0.3) is 0 Å². The lowest BCUT2D eigenvalue weighted by atomic mass is 9.71. The molecule has 0 bridgehead atoms. The Morgan fingerprint density at radius 2 is 1.92 bits per heavy atom. The normalized spacial score (nSPS) is 23.4. The van der Waals surface area contributed by atoms with E-state index in [0.717, 1.165) is 31.8 Å². The van der Waals surface area contributed by atoms with Crippen LogP contribution in [0.5, 0.6) is 0 Å². The van der Waals surface area contributed by atoms with Gasteiger partial charge < -0.3 is 16.0 Å². The van der Waals surface area contributed by atoms with Crippen molar-refractivity contribution in [3.05, 3.63) is 0 Å². The Hall–Kier alpha value is -0.0300. The van der Waals surface area contributed by atoms with E-state index in [1.54, 1.807) is 0 Å². The number of nitrogens with one attached hydrogen (secondary N) is 1. The van der Waals surface area contributed by atoms with Gasteiger partial charge in [0, 0.05) is 26.1 Å².